The lowest BCUT2D eigenvalue weighted by Gasteiger charge is -2.23. The zero-order chi connectivity index (χ0) is 13.7. The van der Waals surface area contributed by atoms with Gasteiger partial charge in [0.15, 0.2) is 0 Å². The number of aromatic nitrogens is 2. The van der Waals surface area contributed by atoms with Gasteiger partial charge in [-0.05, 0) is 12.5 Å². The highest BCUT2D eigenvalue weighted by atomic mass is 32.1. The summed E-state index contributed by atoms with van der Waals surface area (Å²) >= 11 is 1.52. The van der Waals surface area contributed by atoms with E-state index in [1.54, 1.807) is 5.51 Å². The number of para-hydroxylation sites is 1. The molecule has 1 aliphatic heterocycles. The normalized spacial score (nSPS) is 19.7. The largest absolute Gasteiger partial charge is 0.318 e. The van der Waals surface area contributed by atoms with E-state index in [1.807, 2.05) is 28.8 Å². The highest BCUT2D eigenvalue weighted by Gasteiger charge is 2.30. The second kappa shape index (κ2) is 4.14. The van der Waals surface area contributed by atoms with Crippen LogP contribution in [0.2, 0.25) is 0 Å². The quantitative estimate of drug-likeness (QED) is 0.697. The number of hydrogen-bond acceptors (Lipinski definition) is 4. The molecule has 0 bridgehead atoms. The summed E-state index contributed by atoms with van der Waals surface area (Å²) in [4.78, 5) is 28.8. The minimum absolute atomic E-state index is 0.191. The lowest BCUT2D eigenvalue weighted by atomic mass is 10.1. The molecule has 2 amide bonds. The molecular weight excluding hydrogens is 274 g/mol. The van der Waals surface area contributed by atoms with Crippen molar-refractivity contribution < 1.29 is 9.59 Å². The maximum absolute atomic E-state index is 12.1. The fraction of sp³-hybridized carbons (Fsp3) is 0.214. The van der Waals surface area contributed by atoms with Crippen molar-refractivity contribution in [3.63, 3.8) is 0 Å². The van der Waals surface area contributed by atoms with Crippen LogP contribution in [0.5, 0.6) is 0 Å². The van der Waals surface area contributed by atoms with Crippen LogP contribution in [0.1, 0.15) is 18.9 Å². The molecule has 1 N–H and O–H groups in total. The maximum Gasteiger partial charge on any atom is 0.249 e. The van der Waals surface area contributed by atoms with Gasteiger partial charge in [-0.15, -0.1) is 11.3 Å². The summed E-state index contributed by atoms with van der Waals surface area (Å²) in [7, 11) is 0. The Hall–Kier alpha value is -2.21. The lowest BCUT2D eigenvalue weighted by molar-refractivity contribution is -0.135. The van der Waals surface area contributed by atoms with Crippen molar-refractivity contribution in [2.45, 2.75) is 18.9 Å². The minimum atomic E-state index is -0.337. The zero-order valence-electron chi connectivity index (χ0n) is 10.5. The molecule has 1 atom stereocenters. The Bertz CT molecular complexity index is 848. The Morgan fingerprint density at radius 3 is 3.00 bits per heavy atom. The van der Waals surface area contributed by atoms with Gasteiger partial charge in [-0.2, -0.15) is 0 Å². The molecule has 0 saturated carbocycles. The van der Waals surface area contributed by atoms with E-state index in [4.69, 9.17) is 0 Å². The Morgan fingerprint density at radius 2 is 2.15 bits per heavy atom. The Morgan fingerprint density at radius 1 is 1.30 bits per heavy atom. The highest BCUT2D eigenvalue weighted by Crippen LogP contribution is 2.35. The topological polar surface area (TPSA) is 64.0 Å². The number of carbonyl (C=O) groups is 2. The van der Waals surface area contributed by atoms with Crippen LogP contribution in [0.15, 0.2) is 29.8 Å². The van der Waals surface area contributed by atoms with Crippen molar-refractivity contribution in [2.24, 2.45) is 0 Å². The van der Waals surface area contributed by atoms with Crippen LogP contribution in [-0.2, 0) is 9.59 Å². The molecule has 20 heavy (non-hydrogen) atoms. The number of nitrogens with one attached hydrogen (secondary N) is 1. The minimum Gasteiger partial charge on any atom is -0.318 e. The van der Waals surface area contributed by atoms with E-state index in [2.05, 4.69) is 10.3 Å². The van der Waals surface area contributed by atoms with E-state index >= 15 is 0 Å². The second-order valence-electron chi connectivity index (χ2n) is 4.86. The number of piperidine rings is 1. The molecule has 0 radical (unpaired) electrons. The van der Waals surface area contributed by atoms with Gasteiger partial charge < -0.3 is 4.57 Å². The van der Waals surface area contributed by atoms with Gasteiger partial charge in [0.2, 0.25) is 11.8 Å². The van der Waals surface area contributed by atoms with Crippen LogP contribution >= 0.6 is 11.3 Å². The predicted molar refractivity (Wildman–Crippen MR) is 76.5 cm³/mol. The molecular formula is C14H11N3O2S. The number of hydrogen-bond donors (Lipinski definition) is 1. The molecule has 1 aliphatic rings. The van der Waals surface area contributed by atoms with E-state index < -0.39 is 0 Å². The third-order valence-corrected chi connectivity index (χ3v) is 4.53. The average Bonchev–Trinajstić information content (AvgIpc) is 3.00. The second-order valence-corrected chi connectivity index (χ2v) is 5.69. The summed E-state index contributed by atoms with van der Waals surface area (Å²) in [5.74, 6) is -0.416. The van der Waals surface area contributed by atoms with Gasteiger partial charge in [0, 0.05) is 11.8 Å². The summed E-state index contributed by atoms with van der Waals surface area (Å²) < 4.78 is 2.02. The average molecular weight is 285 g/mol. The van der Waals surface area contributed by atoms with Gasteiger partial charge in [0.05, 0.1) is 11.0 Å². The van der Waals surface area contributed by atoms with Gasteiger partial charge in [0.25, 0.3) is 0 Å². The van der Waals surface area contributed by atoms with Crippen molar-refractivity contribution in [1.82, 2.24) is 14.9 Å². The zero-order valence-corrected chi connectivity index (χ0v) is 11.3. The molecule has 1 aromatic carbocycles. The van der Waals surface area contributed by atoms with Gasteiger partial charge >= 0.3 is 0 Å². The molecule has 0 spiro atoms. The molecule has 100 valence electrons. The van der Waals surface area contributed by atoms with E-state index in [0.717, 1.165) is 21.3 Å². The van der Waals surface area contributed by atoms with E-state index in [-0.39, 0.29) is 17.9 Å². The molecule has 3 aromatic rings. The number of thiazole rings is 1. The molecule has 6 heteroatoms. The summed E-state index contributed by atoms with van der Waals surface area (Å²) in [6, 6.07) is 7.59. The molecule has 0 aliphatic carbocycles. The molecule has 2 aromatic heterocycles. The van der Waals surface area contributed by atoms with Crippen molar-refractivity contribution in [1.29, 1.82) is 0 Å². The van der Waals surface area contributed by atoms with Crippen LogP contribution in [-0.4, -0.2) is 21.4 Å². The first-order chi connectivity index (χ1) is 9.75. The van der Waals surface area contributed by atoms with Gasteiger partial charge in [-0.25, -0.2) is 4.98 Å². The molecule has 1 saturated heterocycles. The van der Waals surface area contributed by atoms with Crippen LogP contribution in [0.3, 0.4) is 0 Å². The summed E-state index contributed by atoms with van der Waals surface area (Å²) in [6.45, 7) is 0. The van der Waals surface area contributed by atoms with Crippen LogP contribution < -0.4 is 5.32 Å². The SMILES string of the molecule is O=C1CCC(n2c3ccccc3c3ncsc32)C(=O)N1. The van der Waals surface area contributed by atoms with Gasteiger partial charge in [-0.1, -0.05) is 18.2 Å². The molecule has 1 fully saturated rings. The first kappa shape index (κ1) is 11.6. The smallest absolute Gasteiger partial charge is 0.249 e. The van der Waals surface area contributed by atoms with Crippen molar-refractivity contribution in [3.8, 4) is 0 Å². The Labute approximate surface area is 118 Å². The summed E-state index contributed by atoms with van der Waals surface area (Å²) in [5, 5.41) is 3.47. The fourth-order valence-corrected chi connectivity index (χ4v) is 3.70. The third kappa shape index (κ3) is 1.51. The number of carbonyl (C=O) groups excluding carboxylic acids is 2. The number of nitrogens with zero attached hydrogens (tertiary/aromatic N) is 2. The maximum atomic E-state index is 12.1. The first-order valence-electron chi connectivity index (χ1n) is 6.41. The van der Waals surface area contributed by atoms with Gasteiger partial charge in [-0.3, -0.25) is 14.9 Å². The summed E-state index contributed by atoms with van der Waals surface area (Å²) in [5.41, 5.74) is 3.71. The van der Waals surface area contributed by atoms with Crippen molar-refractivity contribution in [3.05, 3.63) is 29.8 Å². The standard InChI is InChI=1S/C14H11N3O2S/c18-11-6-5-10(13(19)16-11)17-9-4-2-1-3-8(9)12-14(17)20-7-15-12/h1-4,7,10H,5-6H2,(H,16,18,19). The summed E-state index contributed by atoms with van der Waals surface area (Å²) in [6.07, 6.45) is 0.916. The number of benzene rings is 1. The van der Waals surface area contributed by atoms with Crippen LogP contribution in [0, 0.1) is 0 Å². The van der Waals surface area contributed by atoms with Crippen LogP contribution in [0.25, 0.3) is 21.3 Å². The number of amides is 2. The van der Waals surface area contributed by atoms with Gasteiger partial charge in [0.1, 0.15) is 16.4 Å². The molecule has 4 rings (SSSR count). The molecule has 3 heterocycles. The van der Waals surface area contributed by atoms with E-state index in [0.29, 0.717) is 12.8 Å². The number of fused-ring (bicyclic) bond motifs is 3. The lowest BCUT2D eigenvalue weighted by Crippen LogP contribution is -2.41. The van der Waals surface area contributed by atoms with Crippen molar-refractivity contribution in [2.75, 3.05) is 0 Å². The Kier molecular flexibility index (Phi) is 2.40. The highest BCUT2D eigenvalue weighted by molar-refractivity contribution is 7.16. The monoisotopic (exact) mass is 285 g/mol. The predicted octanol–water partition coefficient (Wildman–Crippen LogP) is 2.23. The van der Waals surface area contributed by atoms with E-state index in [9.17, 15) is 9.59 Å². The molecule has 1 unspecified atom stereocenters. The fourth-order valence-electron chi connectivity index (χ4n) is 2.83. The number of imide groups is 1. The number of rotatable bonds is 1. The Balaban J connectivity index is 1.99. The first-order valence-corrected chi connectivity index (χ1v) is 7.29. The van der Waals surface area contributed by atoms with Crippen molar-refractivity contribution >= 4 is 44.4 Å². The molecule has 5 nitrogen and oxygen atoms in total. The third-order valence-electron chi connectivity index (χ3n) is 3.71. The van der Waals surface area contributed by atoms with Crippen LogP contribution in [0.4, 0.5) is 0 Å². The van der Waals surface area contributed by atoms with E-state index in [1.165, 1.54) is 11.3 Å².